The van der Waals surface area contributed by atoms with Crippen molar-refractivity contribution in [3.8, 4) is 17.2 Å². The highest BCUT2D eigenvalue weighted by molar-refractivity contribution is 6.30. The van der Waals surface area contributed by atoms with Crippen LogP contribution in [0.4, 0.5) is 0 Å². The van der Waals surface area contributed by atoms with Crippen molar-refractivity contribution in [2.75, 3.05) is 6.61 Å². The lowest BCUT2D eigenvalue weighted by Crippen LogP contribution is -2.28. The number of hydrogen-bond donors (Lipinski definition) is 1. The second-order valence-corrected chi connectivity index (χ2v) is 7.97. The fourth-order valence-electron chi connectivity index (χ4n) is 2.72. The molecule has 3 rings (SSSR count). The van der Waals surface area contributed by atoms with Gasteiger partial charge in [0.2, 0.25) is 0 Å². The monoisotopic (exact) mass is 443 g/mol. The molecule has 1 N–H and O–H groups in total. The van der Waals surface area contributed by atoms with E-state index >= 15 is 0 Å². The maximum atomic E-state index is 12.6. The zero-order valence-corrected chi connectivity index (χ0v) is 19.4. The summed E-state index contributed by atoms with van der Waals surface area (Å²) in [5, 5.41) is 10.5. The van der Waals surface area contributed by atoms with Gasteiger partial charge in [0.1, 0.15) is 24.7 Å². The molecule has 166 valence electrons. The predicted octanol–water partition coefficient (Wildman–Crippen LogP) is 5.55. The Morgan fingerprint density at radius 2 is 1.68 bits per heavy atom. The van der Waals surface area contributed by atoms with Crippen LogP contribution in [0.5, 0.6) is 11.5 Å². The summed E-state index contributed by atoms with van der Waals surface area (Å²) in [5.74, 6) is 1.37. The number of aliphatic hydroxyl groups is 1. The van der Waals surface area contributed by atoms with Crippen LogP contribution in [0.3, 0.4) is 0 Å². The molecule has 6 heteroatoms. The topological polar surface area (TPSA) is 60.7 Å². The van der Waals surface area contributed by atoms with Gasteiger partial charge >= 0.3 is 0 Å². The van der Waals surface area contributed by atoms with E-state index in [1.165, 1.54) is 0 Å². The molecule has 3 aromatic rings. The summed E-state index contributed by atoms with van der Waals surface area (Å²) in [6, 6.07) is 16.0. The molecule has 0 atom stereocenters. The van der Waals surface area contributed by atoms with Gasteiger partial charge < -0.3 is 14.6 Å². The minimum absolute atomic E-state index is 0.147. The highest BCUT2D eigenvalue weighted by Gasteiger charge is 2.14. The predicted molar refractivity (Wildman–Crippen MR) is 126 cm³/mol. The van der Waals surface area contributed by atoms with E-state index in [2.05, 4.69) is 0 Å². The number of ether oxygens (including phenoxy) is 2. The van der Waals surface area contributed by atoms with Gasteiger partial charge in [-0.05, 0) is 80.4 Å². The standard InChI is InChI=1S/C23H24ClNO4.C2H6/c1-16-12-19(6-9-21(16)29-15-23(2,3)27)25-11-10-17(13-22(25)26)14-28-20-7-4-18(24)5-8-20;1-2/h4-13,27H,14-15H2,1-3H3;1-2H3. The minimum Gasteiger partial charge on any atom is -0.490 e. The molecule has 0 spiro atoms. The van der Waals surface area contributed by atoms with Crippen molar-refractivity contribution >= 4 is 11.6 Å². The number of nitrogens with zero attached hydrogens (tertiary/aromatic N) is 1. The van der Waals surface area contributed by atoms with Crippen LogP contribution >= 0.6 is 11.6 Å². The third kappa shape index (κ3) is 7.46. The van der Waals surface area contributed by atoms with Crippen LogP contribution in [0.15, 0.2) is 65.6 Å². The van der Waals surface area contributed by atoms with Crippen molar-refractivity contribution in [1.29, 1.82) is 0 Å². The first-order valence-electron chi connectivity index (χ1n) is 10.3. The third-order valence-electron chi connectivity index (χ3n) is 4.22. The number of aryl methyl sites for hydroxylation is 1. The van der Waals surface area contributed by atoms with E-state index in [4.69, 9.17) is 21.1 Å². The van der Waals surface area contributed by atoms with E-state index in [-0.39, 0.29) is 12.2 Å². The second-order valence-electron chi connectivity index (χ2n) is 7.54. The summed E-state index contributed by atoms with van der Waals surface area (Å²) >= 11 is 5.86. The Balaban J connectivity index is 0.00000166. The number of hydrogen-bond acceptors (Lipinski definition) is 4. The van der Waals surface area contributed by atoms with Crippen molar-refractivity contribution in [3.05, 3.63) is 87.3 Å². The Morgan fingerprint density at radius 3 is 2.26 bits per heavy atom. The van der Waals surface area contributed by atoms with E-state index in [0.29, 0.717) is 23.1 Å². The first-order valence-corrected chi connectivity index (χ1v) is 10.7. The van der Waals surface area contributed by atoms with Gasteiger partial charge in [-0.1, -0.05) is 25.4 Å². The number of benzene rings is 2. The van der Waals surface area contributed by atoms with E-state index in [0.717, 1.165) is 16.8 Å². The third-order valence-corrected chi connectivity index (χ3v) is 4.47. The number of halogens is 1. The molecule has 0 bridgehead atoms. The molecule has 0 aliphatic rings. The van der Waals surface area contributed by atoms with Gasteiger partial charge in [-0.25, -0.2) is 0 Å². The maximum absolute atomic E-state index is 12.6. The molecule has 0 saturated heterocycles. The molecule has 1 heterocycles. The van der Waals surface area contributed by atoms with Gasteiger partial charge in [0.15, 0.2) is 0 Å². The smallest absolute Gasteiger partial charge is 0.255 e. The highest BCUT2D eigenvalue weighted by Crippen LogP contribution is 2.22. The summed E-state index contributed by atoms with van der Waals surface area (Å²) in [7, 11) is 0. The normalized spacial score (nSPS) is 10.8. The molecule has 0 radical (unpaired) electrons. The average molecular weight is 444 g/mol. The summed E-state index contributed by atoms with van der Waals surface area (Å²) in [5.41, 5.74) is 1.35. The number of pyridine rings is 1. The molecule has 5 nitrogen and oxygen atoms in total. The quantitative estimate of drug-likeness (QED) is 0.519. The molecule has 2 aromatic carbocycles. The summed E-state index contributed by atoms with van der Waals surface area (Å²) < 4.78 is 12.9. The van der Waals surface area contributed by atoms with Crippen molar-refractivity contribution in [1.82, 2.24) is 4.57 Å². The molecular weight excluding hydrogens is 414 g/mol. The molecule has 31 heavy (non-hydrogen) atoms. The van der Waals surface area contributed by atoms with Gasteiger partial charge in [-0.15, -0.1) is 0 Å². The van der Waals surface area contributed by atoms with Gasteiger partial charge in [-0.2, -0.15) is 0 Å². The first-order chi connectivity index (χ1) is 14.7. The molecule has 0 amide bonds. The zero-order valence-electron chi connectivity index (χ0n) is 18.7. The Hall–Kier alpha value is -2.76. The van der Waals surface area contributed by atoms with Crippen LogP contribution in [0.25, 0.3) is 5.69 Å². The SMILES string of the molecule is CC.Cc1cc(-n2ccc(COc3ccc(Cl)cc3)cc2=O)ccc1OCC(C)(C)O. The number of aromatic nitrogens is 1. The van der Waals surface area contributed by atoms with Gasteiger partial charge in [0, 0.05) is 23.0 Å². The van der Waals surface area contributed by atoms with E-state index in [9.17, 15) is 9.90 Å². The van der Waals surface area contributed by atoms with E-state index in [1.54, 1.807) is 61.0 Å². The van der Waals surface area contributed by atoms with Crippen LogP contribution in [-0.2, 0) is 6.61 Å². The lowest BCUT2D eigenvalue weighted by atomic mass is 10.1. The lowest BCUT2D eigenvalue weighted by molar-refractivity contribution is 0.0282. The zero-order chi connectivity index (χ0) is 23.0. The van der Waals surface area contributed by atoms with Crippen molar-refractivity contribution in [2.24, 2.45) is 0 Å². The second kappa shape index (κ2) is 11.0. The molecule has 0 saturated carbocycles. The van der Waals surface area contributed by atoms with Gasteiger partial charge in [-0.3, -0.25) is 9.36 Å². The van der Waals surface area contributed by atoms with Gasteiger partial charge in [0.25, 0.3) is 5.56 Å². The van der Waals surface area contributed by atoms with Crippen LogP contribution in [0, 0.1) is 6.92 Å². The molecular formula is C25H30ClNO4. The van der Waals surface area contributed by atoms with Crippen LogP contribution in [0.2, 0.25) is 5.02 Å². The van der Waals surface area contributed by atoms with E-state index < -0.39 is 5.60 Å². The fraction of sp³-hybridized carbons (Fsp3) is 0.320. The Labute approximate surface area is 188 Å². The maximum Gasteiger partial charge on any atom is 0.255 e. The molecule has 0 unspecified atom stereocenters. The molecule has 0 fully saturated rings. The molecule has 0 aliphatic carbocycles. The fourth-order valence-corrected chi connectivity index (χ4v) is 2.85. The van der Waals surface area contributed by atoms with Gasteiger partial charge in [0.05, 0.1) is 5.60 Å². The Kier molecular flexibility index (Phi) is 8.72. The highest BCUT2D eigenvalue weighted by atomic mass is 35.5. The summed E-state index contributed by atoms with van der Waals surface area (Å²) in [6.45, 7) is 9.77. The Bertz CT molecular complexity index is 1040. The van der Waals surface area contributed by atoms with Crippen molar-refractivity contribution < 1.29 is 14.6 Å². The molecule has 1 aromatic heterocycles. The lowest BCUT2D eigenvalue weighted by Gasteiger charge is -2.19. The van der Waals surface area contributed by atoms with Crippen LogP contribution in [-0.4, -0.2) is 21.9 Å². The number of rotatable bonds is 7. The molecule has 0 aliphatic heterocycles. The average Bonchev–Trinajstić information content (AvgIpc) is 2.73. The van der Waals surface area contributed by atoms with Crippen molar-refractivity contribution in [2.45, 2.75) is 46.8 Å². The van der Waals surface area contributed by atoms with Crippen LogP contribution in [0.1, 0.15) is 38.8 Å². The van der Waals surface area contributed by atoms with Crippen LogP contribution < -0.4 is 15.0 Å². The van der Waals surface area contributed by atoms with Crippen molar-refractivity contribution in [3.63, 3.8) is 0 Å². The first kappa shape index (κ1) is 24.5. The summed E-state index contributed by atoms with van der Waals surface area (Å²) in [6.07, 6.45) is 1.73. The minimum atomic E-state index is -0.911. The van der Waals surface area contributed by atoms with E-state index in [1.807, 2.05) is 39.0 Å². The Morgan fingerprint density at radius 1 is 1.00 bits per heavy atom. The summed E-state index contributed by atoms with van der Waals surface area (Å²) in [4.78, 5) is 12.6. The largest absolute Gasteiger partial charge is 0.490 e.